The largest absolute Gasteiger partial charge is 0.328 e. The van der Waals surface area contributed by atoms with E-state index in [1.54, 1.807) is 22.9 Å². The fraction of sp³-hybridized carbons (Fsp3) is 0.150. The van der Waals surface area contributed by atoms with Gasteiger partial charge in [-0.15, -0.1) is 0 Å². The number of nitrogens with zero attached hydrogens (tertiary/aromatic N) is 3. The Kier molecular flexibility index (Phi) is 4.83. The van der Waals surface area contributed by atoms with Gasteiger partial charge < -0.3 is 10.6 Å². The number of aryl methyl sites for hydroxylation is 1. The molecule has 0 aliphatic carbocycles. The van der Waals surface area contributed by atoms with Crippen LogP contribution in [0.15, 0.2) is 60.1 Å². The molecule has 0 saturated carbocycles. The first-order valence-electron chi connectivity index (χ1n) is 8.65. The molecule has 3 aromatic rings. The van der Waals surface area contributed by atoms with E-state index in [2.05, 4.69) is 20.7 Å². The molecule has 1 unspecified atom stereocenters. The molecule has 6 nitrogen and oxygen atoms in total. The molecule has 1 aliphatic heterocycles. The van der Waals surface area contributed by atoms with Crippen molar-refractivity contribution in [3.05, 3.63) is 81.2 Å². The van der Waals surface area contributed by atoms with Crippen molar-refractivity contribution in [3.63, 3.8) is 0 Å². The van der Waals surface area contributed by atoms with E-state index >= 15 is 0 Å². The van der Waals surface area contributed by atoms with Crippen molar-refractivity contribution in [1.29, 1.82) is 0 Å². The molecule has 0 fully saturated rings. The van der Waals surface area contributed by atoms with E-state index in [4.69, 9.17) is 23.2 Å². The molecule has 1 aromatic heterocycles. The summed E-state index contributed by atoms with van der Waals surface area (Å²) < 4.78 is 1.65. The van der Waals surface area contributed by atoms with Crippen molar-refractivity contribution in [2.75, 3.05) is 10.6 Å². The Bertz CT molecular complexity index is 1110. The lowest BCUT2D eigenvalue weighted by Gasteiger charge is -2.29. The highest BCUT2D eigenvalue weighted by Gasteiger charge is 2.34. The van der Waals surface area contributed by atoms with Gasteiger partial charge >= 0.3 is 0 Å². The number of hydrogen-bond acceptors (Lipinski definition) is 4. The maximum atomic E-state index is 13.3. The summed E-state index contributed by atoms with van der Waals surface area (Å²) in [5.41, 5.74) is 3.63. The van der Waals surface area contributed by atoms with Crippen molar-refractivity contribution in [1.82, 2.24) is 14.8 Å². The summed E-state index contributed by atoms with van der Waals surface area (Å²) >= 11 is 12.5. The Morgan fingerprint density at radius 2 is 1.96 bits per heavy atom. The SMILES string of the molecule is CC1=C(C(=O)Nc2ccccc2C)C(c2ccc(Cl)cc2Cl)n2ncnc2N1. The number of aromatic nitrogens is 3. The van der Waals surface area contributed by atoms with Crippen LogP contribution in [0.25, 0.3) is 0 Å². The van der Waals surface area contributed by atoms with Gasteiger partial charge in [0.2, 0.25) is 5.95 Å². The van der Waals surface area contributed by atoms with E-state index in [0.29, 0.717) is 32.8 Å². The lowest BCUT2D eigenvalue weighted by Crippen LogP contribution is -2.31. The van der Waals surface area contributed by atoms with E-state index in [1.165, 1.54) is 6.33 Å². The average Bonchev–Trinajstić information content (AvgIpc) is 3.11. The normalized spacial score (nSPS) is 15.8. The van der Waals surface area contributed by atoms with Crippen LogP contribution in [0.3, 0.4) is 0 Å². The quantitative estimate of drug-likeness (QED) is 0.645. The summed E-state index contributed by atoms with van der Waals surface area (Å²) in [6.45, 7) is 3.78. The monoisotopic (exact) mass is 413 g/mol. The lowest BCUT2D eigenvalue weighted by molar-refractivity contribution is -0.113. The fourth-order valence-electron chi connectivity index (χ4n) is 3.30. The molecule has 2 aromatic carbocycles. The summed E-state index contributed by atoms with van der Waals surface area (Å²) in [6.07, 6.45) is 1.44. The number of rotatable bonds is 3. The number of carbonyl (C=O) groups excluding carboxylic acids is 1. The number of allylic oxidation sites excluding steroid dienone is 1. The van der Waals surface area contributed by atoms with Gasteiger partial charge in [-0.1, -0.05) is 47.5 Å². The first-order chi connectivity index (χ1) is 13.5. The second-order valence-corrected chi connectivity index (χ2v) is 7.37. The Morgan fingerprint density at radius 1 is 1.18 bits per heavy atom. The van der Waals surface area contributed by atoms with Crippen LogP contribution in [-0.2, 0) is 4.79 Å². The van der Waals surface area contributed by atoms with Crippen LogP contribution < -0.4 is 10.6 Å². The van der Waals surface area contributed by atoms with Gasteiger partial charge in [0, 0.05) is 27.0 Å². The third-order valence-corrected chi connectivity index (χ3v) is 5.25. The number of hydrogen-bond donors (Lipinski definition) is 2. The Morgan fingerprint density at radius 3 is 2.71 bits per heavy atom. The Balaban J connectivity index is 1.81. The molecule has 4 rings (SSSR count). The molecule has 2 heterocycles. The van der Waals surface area contributed by atoms with Crippen LogP contribution in [0.5, 0.6) is 0 Å². The summed E-state index contributed by atoms with van der Waals surface area (Å²) in [6, 6.07) is 12.3. The molecular formula is C20H17Cl2N5O. The van der Waals surface area contributed by atoms with E-state index in [0.717, 1.165) is 11.3 Å². The predicted molar refractivity (Wildman–Crippen MR) is 111 cm³/mol. The first kappa shape index (κ1) is 18.5. The van der Waals surface area contributed by atoms with Gasteiger partial charge in [-0.3, -0.25) is 4.79 Å². The zero-order chi connectivity index (χ0) is 19.8. The molecule has 0 bridgehead atoms. The number of carbonyl (C=O) groups is 1. The van der Waals surface area contributed by atoms with E-state index in [9.17, 15) is 4.79 Å². The minimum absolute atomic E-state index is 0.239. The molecule has 142 valence electrons. The molecule has 28 heavy (non-hydrogen) atoms. The number of amides is 1. The minimum Gasteiger partial charge on any atom is -0.328 e. The standard InChI is InChI=1S/C20H17Cl2N5O/c1-11-5-3-4-6-16(11)26-19(28)17-12(2)25-20-23-10-24-27(20)18(17)14-8-7-13(21)9-15(14)22/h3-10,18H,1-2H3,(H,26,28)(H,23,24,25). The van der Waals surface area contributed by atoms with Gasteiger partial charge in [0.1, 0.15) is 12.4 Å². The highest BCUT2D eigenvalue weighted by Crippen LogP contribution is 2.39. The highest BCUT2D eigenvalue weighted by molar-refractivity contribution is 6.35. The number of anilines is 2. The van der Waals surface area contributed by atoms with Gasteiger partial charge in [0.25, 0.3) is 5.91 Å². The summed E-state index contributed by atoms with van der Waals surface area (Å²) in [5.74, 6) is 0.303. The van der Waals surface area contributed by atoms with E-state index in [-0.39, 0.29) is 5.91 Å². The molecule has 0 radical (unpaired) electrons. The van der Waals surface area contributed by atoms with Gasteiger partial charge in [-0.2, -0.15) is 10.1 Å². The highest BCUT2D eigenvalue weighted by atomic mass is 35.5. The van der Waals surface area contributed by atoms with Gasteiger partial charge in [-0.25, -0.2) is 4.68 Å². The van der Waals surface area contributed by atoms with Crippen molar-refractivity contribution < 1.29 is 4.79 Å². The molecule has 1 amide bonds. The first-order valence-corrected chi connectivity index (χ1v) is 9.40. The molecule has 8 heteroatoms. The fourth-order valence-corrected chi connectivity index (χ4v) is 3.81. The molecular weight excluding hydrogens is 397 g/mol. The minimum atomic E-state index is -0.535. The predicted octanol–water partition coefficient (Wildman–Crippen LogP) is 4.82. The maximum Gasteiger partial charge on any atom is 0.255 e. The molecule has 0 saturated heterocycles. The van der Waals surface area contributed by atoms with Crippen LogP contribution in [0.4, 0.5) is 11.6 Å². The Labute approximate surface area is 172 Å². The lowest BCUT2D eigenvalue weighted by atomic mass is 9.95. The molecule has 1 atom stereocenters. The number of nitrogens with one attached hydrogen (secondary N) is 2. The van der Waals surface area contributed by atoms with Crippen molar-refractivity contribution in [2.24, 2.45) is 0 Å². The third kappa shape index (κ3) is 3.25. The number of fused-ring (bicyclic) bond motifs is 1. The van der Waals surface area contributed by atoms with Crippen LogP contribution in [0.1, 0.15) is 24.1 Å². The second-order valence-electron chi connectivity index (χ2n) is 6.53. The summed E-state index contributed by atoms with van der Waals surface area (Å²) in [7, 11) is 0. The van der Waals surface area contributed by atoms with E-state index < -0.39 is 6.04 Å². The van der Waals surface area contributed by atoms with Gasteiger partial charge in [-0.05, 0) is 37.6 Å². The molecule has 0 spiro atoms. The van der Waals surface area contributed by atoms with Gasteiger partial charge in [0.15, 0.2) is 0 Å². The number of halogens is 2. The zero-order valence-electron chi connectivity index (χ0n) is 15.2. The van der Waals surface area contributed by atoms with E-state index in [1.807, 2.05) is 38.1 Å². The van der Waals surface area contributed by atoms with Crippen LogP contribution >= 0.6 is 23.2 Å². The summed E-state index contributed by atoms with van der Waals surface area (Å²) in [5, 5.41) is 11.4. The van der Waals surface area contributed by atoms with Crippen molar-refractivity contribution >= 4 is 40.7 Å². The molecule has 1 aliphatic rings. The average molecular weight is 414 g/mol. The van der Waals surface area contributed by atoms with Gasteiger partial charge in [0.05, 0.1) is 5.57 Å². The van der Waals surface area contributed by atoms with Crippen molar-refractivity contribution in [3.8, 4) is 0 Å². The smallest absolute Gasteiger partial charge is 0.255 e. The van der Waals surface area contributed by atoms with Crippen LogP contribution in [0.2, 0.25) is 10.0 Å². The van der Waals surface area contributed by atoms with Crippen LogP contribution in [0, 0.1) is 6.92 Å². The molecule has 2 N–H and O–H groups in total. The maximum absolute atomic E-state index is 13.3. The zero-order valence-corrected chi connectivity index (χ0v) is 16.7. The number of para-hydroxylation sites is 1. The Hall–Kier alpha value is -2.83. The third-order valence-electron chi connectivity index (χ3n) is 4.69. The number of benzene rings is 2. The van der Waals surface area contributed by atoms with Crippen LogP contribution in [-0.4, -0.2) is 20.7 Å². The summed E-state index contributed by atoms with van der Waals surface area (Å²) in [4.78, 5) is 17.5. The van der Waals surface area contributed by atoms with Crippen molar-refractivity contribution in [2.45, 2.75) is 19.9 Å². The second kappa shape index (κ2) is 7.30. The topological polar surface area (TPSA) is 71.8 Å².